The number of methoxy groups -OCH3 is 2. The van der Waals surface area contributed by atoms with Crippen molar-refractivity contribution in [2.75, 3.05) is 27.2 Å². The summed E-state index contributed by atoms with van der Waals surface area (Å²) in [7, 11) is 1.32. The van der Waals surface area contributed by atoms with Crippen molar-refractivity contribution in [3.05, 3.63) is 103 Å². The summed E-state index contributed by atoms with van der Waals surface area (Å²) < 4.78 is 22.1. The highest BCUT2D eigenvalue weighted by molar-refractivity contribution is 7.95. The standard InChI is InChI=1S/C34H36NO5P.BrH/c1-37-30-23-26(32(38-2)34-33(30)39-25-40-34)24-35-31(36)21-13-6-14-22-41(27-15-7-3-8-16-27,28-17-9-4-10-18-28)29-19-11-5-12-20-29;/h3-5,7-12,15-20,23H,6,13-14,21-22,24-25H2,1-2H3;1H. The molecule has 8 heteroatoms. The Bertz CT molecular complexity index is 1340. The van der Waals surface area contributed by atoms with Gasteiger partial charge in [0.15, 0.2) is 11.5 Å². The Balaban J connectivity index is 0.00000405. The summed E-state index contributed by atoms with van der Waals surface area (Å²) in [5.74, 6) is 2.17. The first-order chi connectivity index (χ1) is 20.2. The van der Waals surface area contributed by atoms with Crippen LogP contribution in [0.5, 0.6) is 23.0 Å². The molecule has 4 aromatic rings. The molecule has 220 valence electrons. The number of carbonyl (C=O) groups excluding carboxylic acids is 1. The molecule has 0 atom stereocenters. The van der Waals surface area contributed by atoms with E-state index in [2.05, 4.69) is 96.3 Å². The Morgan fingerprint density at radius 1 is 0.762 bits per heavy atom. The first kappa shape index (κ1) is 31.4. The van der Waals surface area contributed by atoms with Gasteiger partial charge in [-0.15, -0.1) is 0 Å². The number of carbonyl (C=O) groups is 1. The highest BCUT2D eigenvalue weighted by Crippen LogP contribution is 2.56. The molecule has 0 spiro atoms. The van der Waals surface area contributed by atoms with Crippen LogP contribution in [0.4, 0.5) is 0 Å². The molecule has 0 aliphatic carbocycles. The predicted molar refractivity (Wildman–Crippen MR) is 166 cm³/mol. The van der Waals surface area contributed by atoms with Gasteiger partial charge in [-0.25, -0.2) is 0 Å². The van der Waals surface area contributed by atoms with Crippen LogP contribution in [0.25, 0.3) is 0 Å². The number of hydrogen-bond acceptors (Lipinski definition) is 5. The lowest BCUT2D eigenvalue weighted by Crippen LogP contribution is -3.00. The average molecular weight is 651 g/mol. The van der Waals surface area contributed by atoms with Crippen LogP contribution in [0.1, 0.15) is 31.2 Å². The summed E-state index contributed by atoms with van der Waals surface area (Å²) in [5, 5.41) is 7.21. The minimum absolute atomic E-state index is 0. The van der Waals surface area contributed by atoms with E-state index < -0.39 is 7.26 Å². The lowest BCUT2D eigenvalue weighted by molar-refractivity contribution is -0.121. The molecule has 0 radical (unpaired) electrons. The Morgan fingerprint density at radius 2 is 1.31 bits per heavy atom. The predicted octanol–water partition coefficient (Wildman–Crippen LogP) is 2.61. The summed E-state index contributed by atoms with van der Waals surface area (Å²) in [4.78, 5) is 12.8. The molecule has 0 saturated carbocycles. The van der Waals surface area contributed by atoms with Gasteiger partial charge in [-0.2, -0.15) is 0 Å². The summed E-state index contributed by atoms with van der Waals surface area (Å²) in [6.45, 7) is 0.430. The summed E-state index contributed by atoms with van der Waals surface area (Å²) in [6.07, 6.45) is 4.36. The number of halogens is 1. The van der Waals surface area contributed by atoms with Gasteiger partial charge >= 0.3 is 0 Å². The lowest BCUT2D eigenvalue weighted by atomic mass is 10.1. The second kappa shape index (κ2) is 15.1. The normalized spacial score (nSPS) is 11.9. The van der Waals surface area contributed by atoms with Crippen LogP contribution >= 0.6 is 7.26 Å². The maximum absolute atomic E-state index is 12.8. The van der Waals surface area contributed by atoms with Crippen molar-refractivity contribution >= 4 is 29.1 Å². The number of nitrogens with one attached hydrogen (secondary N) is 1. The average Bonchev–Trinajstić information content (AvgIpc) is 3.53. The molecule has 4 aromatic carbocycles. The summed E-state index contributed by atoms with van der Waals surface area (Å²) >= 11 is 0. The Labute approximate surface area is 259 Å². The van der Waals surface area contributed by atoms with Gasteiger partial charge in [-0.05, 0) is 61.7 Å². The Morgan fingerprint density at radius 3 is 1.83 bits per heavy atom. The summed E-state index contributed by atoms with van der Waals surface area (Å²) in [6, 6.07) is 34.6. The van der Waals surface area contributed by atoms with Gasteiger partial charge < -0.3 is 41.2 Å². The van der Waals surface area contributed by atoms with Gasteiger partial charge in [0, 0.05) is 18.5 Å². The number of hydrogen-bond donors (Lipinski definition) is 1. The first-order valence-corrected chi connectivity index (χ1v) is 16.0. The van der Waals surface area contributed by atoms with E-state index in [0.717, 1.165) is 31.0 Å². The fraction of sp³-hybridized carbons (Fsp3) is 0.265. The lowest BCUT2D eigenvalue weighted by Gasteiger charge is -2.27. The van der Waals surface area contributed by atoms with E-state index in [0.29, 0.717) is 36.0 Å². The zero-order valence-electron chi connectivity index (χ0n) is 24.1. The van der Waals surface area contributed by atoms with Gasteiger partial charge in [-0.3, -0.25) is 4.79 Å². The van der Waals surface area contributed by atoms with Crippen LogP contribution in [0.3, 0.4) is 0 Å². The Kier molecular flexibility index (Phi) is 11.3. The van der Waals surface area contributed by atoms with Gasteiger partial charge in [0.25, 0.3) is 0 Å². The third kappa shape index (κ3) is 6.74. The van der Waals surface area contributed by atoms with Gasteiger partial charge in [-0.1, -0.05) is 54.6 Å². The van der Waals surface area contributed by atoms with Gasteiger partial charge in [0.2, 0.25) is 24.2 Å². The van der Waals surface area contributed by atoms with E-state index in [4.69, 9.17) is 18.9 Å². The number of rotatable bonds is 13. The van der Waals surface area contributed by atoms with E-state index in [1.807, 2.05) is 6.07 Å². The van der Waals surface area contributed by atoms with Gasteiger partial charge in [0.05, 0.1) is 20.4 Å². The number of unbranched alkanes of at least 4 members (excludes halogenated alkanes) is 2. The second-order valence-corrected chi connectivity index (χ2v) is 13.6. The minimum Gasteiger partial charge on any atom is -1.00 e. The fourth-order valence-corrected chi connectivity index (χ4v) is 9.96. The molecule has 1 aliphatic rings. The molecule has 1 heterocycles. The molecule has 1 N–H and O–H groups in total. The van der Waals surface area contributed by atoms with Crippen LogP contribution in [-0.4, -0.2) is 33.1 Å². The molecule has 0 aromatic heterocycles. The van der Waals surface area contributed by atoms with E-state index in [1.165, 1.54) is 15.9 Å². The number of fused-ring (bicyclic) bond motifs is 1. The molecule has 5 rings (SSSR count). The third-order valence-corrected chi connectivity index (χ3v) is 12.1. The molecule has 1 amide bonds. The van der Waals surface area contributed by atoms with E-state index in [9.17, 15) is 4.79 Å². The van der Waals surface area contributed by atoms with Gasteiger partial charge in [0.1, 0.15) is 23.2 Å². The third-order valence-electron chi connectivity index (χ3n) is 7.53. The molecule has 0 bridgehead atoms. The number of ether oxygens (including phenoxy) is 4. The smallest absolute Gasteiger partial charge is 0.231 e. The fourth-order valence-electron chi connectivity index (χ4n) is 5.55. The first-order valence-electron chi connectivity index (χ1n) is 14.0. The van der Waals surface area contributed by atoms with E-state index in [-0.39, 0.29) is 29.7 Å². The Hall–Kier alpha value is -3.54. The molecule has 0 saturated heterocycles. The highest BCUT2D eigenvalue weighted by Gasteiger charge is 2.44. The zero-order valence-corrected chi connectivity index (χ0v) is 26.5. The zero-order chi connectivity index (χ0) is 28.5. The molecule has 1 aliphatic heterocycles. The number of amides is 1. The van der Waals surface area contributed by atoms with Crippen molar-refractivity contribution < 1.29 is 40.7 Å². The second-order valence-electron chi connectivity index (χ2n) is 9.96. The molecule has 0 fully saturated rings. The van der Waals surface area contributed by atoms with Crippen molar-refractivity contribution in [2.45, 2.75) is 32.2 Å². The van der Waals surface area contributed by atoms with Crippen LogP contribution in [-0.2, 0) is 11.3 Å². The number of benzene rings is 4. The van der Waals surface area contributed by atoms with Crippen LogP contribution in [0, 0.1) is 0 Å². The van der Waals surface area contributed by atoms with Crippen LogP contribution < -0.4 is 57.2 Å². The molecule has 0 unspecified atom stereocenters. The van der Waals surface area contributed by atoms with Crippen molar-refractivity contribution in [1.29, 1.82) is 0 Å². The van der Waals surface area contributed by atoms with Crippen LogP contribution in [0.2, 0.25) is 0 Å². The van der Waals surface area contributed by atoms with Crippen molar-refractivity contribution in [3.63, 3.8) is 0 Å². The topological polar surface area (TPSA) is 66.0 Å². The maximum Gasteiger partial charge on any atom is 0.231 e. The SMILES string of the molecule is COc1cc(CNC(=O)CCCCC[P+](c2ccccc2)(c2ccccc2)c2ccccc2)c(OC)c2c1OCO2.[Br-]. The van der Waals surface area contributed by atoms with E-state index >= 15 is 0 Å². The van der Waals surface area contributed by atoms with E-state index in [1.54, 1.807) is 14.2 Å². The highest BCUT2D eigenvalue weighted by atomic mass is 79.9. The molecular weight excluding hydrogens is 613 g/mol. The van der Waals surface area contributed by atoms with Crippen LogP contribution in [0.15, 0.2) is 97.1 Å². The molecular formula is C34H37BrNO5P. The molecule has 6 nitrogen and oxygen atoms in total. The maximum atomic E-state index is 12.8. The van der Waals surface area contributed by atoms with Crippen molar-refractivity contribution in [2.24, 2.45) is 0 Å². The summed E-state index contributed by atoms with van der Waals surface area (Å²) in [5.41, 5.74) is 0.783. The molecule has 42 heavy (non-hydrogen) atoms. The largest absolute Gasteiger partial charge is 1.00 e. The monoisotopic (exact) mass is 649 g/mol. The van der Waals surface area contributed by atoms with Crippen molar-refractivity contribution in [3.8, 4) is 23.0 Å². The minimum atomic E-state index is -1.84. The van der Waals surface area contributed by atoms with Crippen molar-refractivity contribution in [1.82, 2.24) is 5.32 Å². The quantitative estimate of drug-likeness (QED) is 0.178.